The van der Waals surface area contributed by atoms with Crippen LogP contribution in [-0.4, -0.2) is 18.8 Å². The van der Waals surface area contributed by atoms with Gasteiger partial charge in [0.15, 0.2) is 0 Å². The maximum absolute atomic E-state index is 10.5. The summed E-state index contributed by atoms with van der Waals surface area (Å²) < 4.78 is 21.1. The number of hydrogen-bond acceptors (Lipinski definition) is 3. The van der Waals surface area contributed by atoms with Gasteiger partial charge < -0.3 is 5.73 Å². The molecular weight excluding hydrogens is 150 g/mol. The third-order valence-corrected chi connectivity index (χ3v) is 3.58. The minimum absolute atomic E-state index is 0.396. The highest BCUT2D eigenvalue weighted by atomic mass is 32.2. The zero-order valence-corrected chi connectivity index (χ0v) is 6.32. The van der Waals surface area contributed by atoms with Crippen LogP contribution in [0, 0.1) is 5.92 Å². The molecule has 0 radical (unpaired) electrons. The molecule has 0 aliphatic heterocycles. The van der Waals surface area contributed by atoms with Crippen LogP contribution in [0.15, 0.2) is 0 Å². The van der Waals surface area contributed by atoms with Crippen LogP contribution in [0.3, 0.4) is 0 Å². The molecule has 2 saturated carbocycles. The second-order valence-corrected chi connectivity index (χ2v) is 4.10. The predicted octanol–water partition coefficient (Wildman–Crippen LogP) is -0.451. The van der Waals surface area contributed by atoms with Gasteiger partial charge in [0.05, 0.1) is 10.4 Å². The van der Waals surface area contributed by atoms with Crippen molar-refractivity contribution >= 4 is 15.2 Å². The zero-order valence-electron chi connectivity index (χ0n) is 5.50. The van der Waals surface area contributed by atoms with Gasteiger partial charge in [-0.25, -0.2) is 0 Å². The summed E-state index contributed by atoms with van der Waals surface area (Å²) in [6.45, 7) is 0. The van der Waals surface area contributed by atoms with Crippen molar-refractivity contribution in [3.63, 3.8) is 0 Å². The minimum Gasteiger partial charge on any atom is -0.321 e. The Morgan fingerprint density at radius 2 is 2.30 bits per heavy atom. The summed E-state index contributed by atoms with van der Waals surface area (Å²) in [6, 6.07) is 0. The van der Waals surface area contributed by atoms with E-state index in [2.05, 4.69) is 0 Å². The van der Waals surface area contributed by atoms with Gasteiger partial charge in [0, 0.05) is 0 Å². The molecule has 0 bridgehead atoms. The van der Waals surface area contributed by atoms with Crippen LogP contribution < -0.4 is 5.73 Å². The lowest BCUT2D eigenvalue weighted by molar-refractivity contribution is 0.626. The largest absolute Gasteiger partial charge is 0.321 e. The highest BCUT2D eigenvalue weighted by Crippen LogP contribution is 2.51. The summed E-state index contributed by atoms with van der Waals surface area (Å²) in [4.78, 5) is 0.553. The van der Waals surface area contributed by atoms with Crippen LogP contribution in [0.2, 0.25) is 0 Å². The van der Waals surface area contributed by atoms with Crippen molar-refractivity contribution in [1.29, 1.82) is 0 Å². The van der Waals surface area contributed by atoms with Crippen molar-refractivity contribution in [2.75, 3.05) is 0 Å². The maximum Gasteiger partial charge on any atom is 0.215 e. The molecule has 2 fully saturated rings. The van der Waals surface area contributed by atoms with Gasteiger partial charge in [0.2, 0.25) is 10.3 Å². The molecule has 4 heteroatoms. The van der Waals surface area contributed by atoms with Crippen molar-refractivity contribution in [2.45, 2.75) is 24.8 Å². The third-order valence-electron chi connectivity index (χ3n) is 2.59. The Balaban J connectivity index is 2.53. The molecule has 2 N–H and O–H groups in total. The van der Waals surface area contributed by atoms with Crippen molar-refractivity contribution in [2.24, 2.45) is 11.7 Å². The molecular formula is C6H9NO2S. The summed E-state index contributed by atoms with van der Waals surface area (Å²) in [7, 11) is -2.03. The van der Waals surface area contributed by atoms with Crippen molar-refractivity contribution in [1.82, 2.24) is 0 Å². The first-order valence-corrected chi connectivity index (χ1v) is 4.46. The first-order valence-electron chi connectivity index (χ1n) is 3.39. The Hall–Kier alpha value is -0.350. The van der Waals surface area contributed by atoms with Crippen LogP contribution in [-0.2, 0) is 10.3 Å². The van der Waals surface area contributed by atoms with Crippen LogP contribution >= 0.6 is 0 Å². The van der Waals surface area contributed by atoms with E-state index >= 15 is 0 Å². The molecule has 0 saturated heterocycles. The van der Waals surface area contributed by atoms with E-state index in [0.29, 0.717) is 17.2 Å². The molecule has 3 nitrogen and oxygen atoms in total. The molecule has 2 rings (SSSR count). The molecule has 2 aliphatic carbocycles. The predicted molar refractivity (Wildman–Crippen MR) is 38.2 cm³/mol. The van der Waals surface area contributed by atoms with Crippen LogP contribution in [0.1, 0.15) is 19.3 Å². The molecule has 0 aromatic rings. The van der Waals surface area contributed by atoms with Crippen LogP contribution in [0.5, 0.6) is 0 Å². The SMILES string of the molecule is NC12CC1CCC2=S(=O)=O. The van der Waals surface area contributed by atoms with Gasteiger partial charge in [-0.15, -0.1) is 0 Å². The Morgan fingerprint density at radius 3 is 2.50 bits per heavy atom. The Labute approximate surface area is 60.8 Å². The third kappa shape index (κ3) is 0.605. The quantitative estimate of drug-likeness (QED) is 0.487. The van der Waals surface area contributed by atoms with E-state index in [0.717, 1.165) is 12.8 Å². The van der Waals surface area contributed by atoms with Gasteiger partial charge in [0.1, 0.15) is 0 Å². The molecule has 0 amide bonds. The molecule has 0 aromatic carbocycles. The number of fused-ring (bicyclic) bond motifs is 1. The first-order chi connectivity index (χ1) is 4.64. The topological polar surface area (TPSA) is 60.2 Å². The van der Waals surface area contributed by atoms with Gasteiger partial charge >= 0.3 is 0 Å². The number of hydrogen-bond donors (Lipinski definition) is 1. The lowest BCUT2D eigenvalue weighted by atomic mass is 10.2. The number of nitrogens with two attached hydrogens (primary N) is 1. The minimum atomic E-state index is -2.03. The summed E-state index contributed by atoms with van der Waals surface area (Å²) in [5.74, 6) is 0.473. The zero-order chi connectivity index (χ0) is 7.35. The van der Waals surface area contributed by atoms with Crippen LogP contribution in [0.4, 0.5) is 0 Å². The monoisotopic (exact) mass is 159 g/mol. The molecule has 2 aliphatic rings. The van der Waals surface area contributed by atoms with Gasteiger partial charge in [-0.1, -0.05) is 0 Å². The van der Waals surface area contributed by atoms with Gasteiger partial charge in [0.25, 0.3) is 0 Å². The van der Waals surface area contributed by atoms with E-state index in [9.17, 15) is 8.42 Å². The fourth-order valence-electron chi connectivity index (χ4n) is 1.83. The van der Waals surface area contributed by atoms with Crippen molar-refractivity contribution in [3.05, 3.63) is 0 Å². The van der Waals surface area contributed by atoms with Crippen LogP contribution in [0.25, 0.3) is 0 Å². The van der Waals surface area contributed by atoms with Crippen molar-refractivity contribution < 1.29 is 8.42 Å². The molecule has 2 atom stereocenters. The molecule has 0 spiro atoms. The molecule has 0 aromatic heterocycles. The van der Waals surface area contributed by atoms with Crippen molar-refractivity contribution in [3.8, 4) is 0 Å². The van der Waals surface area contributed by atoms with Gasteiger partial charge in [-0.2, -0.15) is 8.42 Å². The average molecular weight is 159 g/mol. The smallest absolute Gasteiger partial charge is 0.215 e. The highest BCUT2D eigenvalue weighted by molar-refractivity contribution is 7.73. The van der Waals surface area contributed by atoms with Gasteiger partial charge in [-0.3, -0.25) is 0 Å². The Kier molecular flexibility index (Phi) is 1.03. The molecule has 0 heterocycles. The lowest BCUT2D eigenvalue weighted by Crippen LogP contribution is -2.31. The van der Waals surface area contributed by atoms with E-state index in [1.54, 1.807) is 0 Å². The fraction of sp³-hybridized carbons (Fsp3) is 0.833. The Bertz CT molecular complexity index is 296. The van der Waals surface area contributed by atoms with E-state index in [4.69, 9.17) is 5.73 Å². The summed E-state index contributed by atoms with van der Waals surface area (Å²) >= 11 is 0. The maximum atomic E-state index is 10.5. The summed E-state index contributed by atoms with van der Waals surface area (Å²) in [5, 5.41) is 0. The molecule has 56 valence electrons. The van der Waals surface area contributed by atoms with E-state index < -0.39 is 15.8 Å². The Morgan fingerprint density at radius 1 is 1.60 bits per heavy atom. The normalized spacial score (nSPS) is 43.3. The fourth-order valence-corrected chi connectivity index (χ4v) is 2.67. The van der Waals surface area contributed by atoms with Gasteiger partial charge in [-0.05, 0) is 25.2 Å². The highest BCUT2D eigenvalue weighted by Gasteiger charge is 2.59. The van der Waals surface area contributed by atoms with E-state index in [1.165, 1.54) is 0 Å². The summed E-state index contributed by atoms with van der Waals surface area (Å²) in [6.07, 6.45) is 2.55. The second kappa shape index (κ2) is 1.62. The lowest BCUT2D eigenvalue weighted by Gasteiger charge is -2.00. The standard InChI is InChI=1S/C6H9NO2S/c7-6-3-4(6)1-2-5(6)10(8)9/h4H,1-3,7H2. The molecule has 2 unspecified atom stereocenters. The second-order valence-electron chi connectivity index (χ2n) is 3.14. The average Bonchev–Trinajstić information content (AvgIpc) is 2.35. The van der Waals surface area contributed by atoms with E-state index in [1.807, 2.05) is 0 Å². The molecule has 10 heavy (non-hydrogen) atoms. The number of rotatable bonds is 0. The van der Waals surface area contributed by atoms with E-state index in [-0.39, 0.29) is 0 Å². The summed E-state index contributed by atoms with van der Waals surface area (Å²) in [5.41, 5.74) is 5.37. The first kappa shape index (κ1) is 6.37.